The van der Waals surface area contributed by atoms with Gasteiger partial charge in [0.25, 0.3) is 5.91 Å². The quantitative estimate of drug-likeness (QED) is 0.797. The number of amides is 1. The molecule has 0 aromatic heterocycles. The van der Waals surface area contributed by atoms with Crippen molar-refractivity contribution in [1.29, 1.82) is 0 Å². The van der Waals surface area contributed by atoms with E-state index in [1.54, 1.807) is 12.1 Å². The summed E-state index contributed by atoms with van der Waals surface area (Å²) in [7, 11) is -3.57. The number of sulfonamides is 1. The average molecular weight is 380 g/mol. The fourth-order valence-electron chi connectivity index (χ4n) is 3.01. The van der Waals surface area contributed by atoms with Crippen LogP contribution in [0.25, 0.3) is 0 Å². The number of aryl methyl sites for hydroxylation is 2. The zero-order valence-electron chi connectivity index (χ0n) is 15.9. The van der Waals surface area contributed by atoms with Crippen LogP contribution in [-0.2, 0) is 14.8 Å². The topological polar surface area (TPSA) is 78.8 Å². The third kappa shape index (κ3) is 6.12. The molecule has 0 atom stereocenters. The number of benzene rings is 1. The van der Waals surface area contributed by atoms with Gasteiger partial charge in [0.15, 0.2) is 0 Å². The number of carbonyl (C=O) groups excluding carboxylic acids is 1. The first-order valence-corrected chi connectivity index (χ1v) is 11.0. The van der Waals surface area contributed by atoms with Gasteiger partial charge in [0.05, 0.1) is 11.9 Å². The highest BCUT2D eigenvalue weighted by atomic mass is 32.2. The molecule has 1 aromatic rings. The molecule has 0 heterocycles. The highest BCUT2D eigenvalue weighted by Crippen LogP contribution is 2.21. The van der Waals surface area contributed by atoms with Crippen molar-refractivity contribution in [3.8, 4) is 0 Å². The predicted molar refractivity (Wildman–Crippen MR) is 106 cm³/mol. The van der Waals surface area contributed by atoms with Gasteiger partial charge in [-0.15, -0.1) is 0 Å². The molecule has 1 saturated carbocycles. The molecule has 1 aliphatic rings. The van der Waals surface area contributed by atoms with Gasteiger partial charge in [0, 0.05) is 5.71 Å². The lowest BCUT2D eigenvalue weighted by Gasteiger charge is -2.22. The Morgan fingerprint density at radius 2 is 1.69 bits per heavy atom. The third-order valence-electron chi connectivity index (χ3n) is 4.74. The van der Waals surface area contributed by atoms with Crippen LogP contribution < -0.4 is 9.73 Å². The minimum atomic E-state index is -3.57. The van der Waals surface area contributed by atoms with Gasteiger partial charge in [0.1, 0.15) is 6.54 Å². The van der Waals surface area contributed by atoms with Crippen LogP contribution in [0.1, 0.15) is 56.1 Å². The van der Waals surface area contributed by atoms with Gasteiger partial charge in [-0.1, -0.05) is 25.3 Å². The van der Waals surface area contributed by atoms with Crippen LogP contribution in [0.5, 0.6) is 0 Å². The van der Waals surface area contributed by atoms with Crippen molar-refractivity contribution >= 4 is 27.3 Å². The second-order valence-corrected chi connectivity index (χ2v) is 8.93. The normalized spacial score (nSPS) is 15.7. The van der Waals surface area contributed by atoms with Gasteiger partial charge in [-0.2, -0.15) is 5.10 Å². The largest absolute Gasteiger partial charge is 0.271 e. The summed E-state index contributed by atoms with van der Waals surface area (Å²) >= 11 is 0. The lowest BCUT2D eigenvalue weighted by atomic mass is 9.99. The number of hydrogen-bond acceptors (Lipinski definition) is 4. The van der Waals surface area contributed by atoms with Crippen molar-refractivity contribution in [3.05, 3.63) is 29.3 Å². The Kier molecular flexibility index (Phi) is 7.20. The lowest BCUT2D eigenvalue weighted by Crippen LogP contribution is -2.39. The maximum atomic E-state index is 12.3. The smallest absolute Gasteiger partial charge is 0.260 e. The summed E-state index contributed by atoms with van der Waals surface area (Å²) in [6, 6.07) is 5.36. The number of nitrogens with one attached hydrogen (secondary N) is 1. The Morgan fingerprint density at radius 1 is 1.08 bits per heavy atom. The van der Waals surface area contributed by atoms with Crippen LogP contribution >= 0.6 is 0 Å². The van der Waals surface area contributed by atoms with E-state index in [2.05, 4.69) is 10.5 Å². The van der Waals surface area contributed by atoms with Crippen LogP contribution in [0.15, 0.2) is 23.3 Å². The maximum Gasteiger partial charge on any atom is 0.260 e. The standard InChI is InChI=1S/C19H29N3O3S/c1-15-11-12-18(13-16(15)2)22(26(3,24)25)14-19(23)21-20-17-9-7-5-4-6-8-10-17/h11-13H,4-10,14H2,1-3H3,(H,21,23). The minimum absolute atomic E-state index is 0.280. The number of carbonyl (C=O) groups is 1. The molecule has 144 valence electrons. The van der Waals surface area contributed by atoms with E-state index in [0.29, 0.717) is 5.69 Å². The Morgan fingerprint density at radius 3 is 2.27 bits per heavy atom. The van der Waals surface area contributed by atoms with E-state index in [1.807, 2.05) is 19.9 Å². The molecule has 1 aliphatic carbocycles. The summed E-state index contributed by atoms with van der Waals surface area (Å²) in [5.74, 6) is -0.428. The van der Waals surface area contributed by atoms with E-state index >= 15 is 0 Å². The first-order chi connectivity index (χ1) is 12.3. The zero-order chi connectivity index (χ0) is 19.2. The van der Waals surface area contributed by atoms with Crippen molar-refractivity contribution in [2.24, 2.45) is 5.10 Å². The van der Waals surface area contributed by atoms with Crippen LogP contribution in [0.4, 0.5) is 5.69 Å². The van der Waals surface area contributed by atoms with Crippen LogP contribution in [-0.4, -0.2) is 32.8 Å². The molecule has 2 rings (SSSR count). The predicted octanol–water partition coefficient (Wildman–Crippen LogP) is 3.29. The number of rotatable bonds is 5. The fraction of sp³-hybridized carbons (Fsp3) is 0.579. The molecule has 1 aromatic carbocycles. The Labute approximate surface area is 156 Å². The molecule has 0 radical (unpaired) electrons. The van der Waals surface area contributed by atoms with E-state index < -0.39 is 15.9 Å². The Balaban J connectivity index is 2.08. The molecule has 0 bridgehead atoms. The van der Waals surface area contributed by atoms with Crippen molar-refractivity contribution in [2.45, 2.75) is 58.8 Å². The molecule has 0 spiro atoms. The van der Waals surface area contributed by atoms with Gasteiger partial charge in [0.2, 0.25) is 10.0 Å². The maximum absolute atomic E-state index is 12.3. The summed E-state index contributed by atoms with van der Waals surface area (Å²) in [6.45, 7) is 3.60. The van der Waals surface area contributed by atoms with Crippen LogP contribution in [0.3, 0.4) is 0 Å². The van der Waals surface area contributed by atoms with Gasteiger partial charge in [-0.25, -0.2) is 13.8 Å². The van der Waals surface area contributed by atoms with Crippen LogP contribution in [0.2, 0.25) is 0 Å². The molecule has 0 saturated heterocycles. The second kappa shape index (κ2) is 9.16. The van der Waals surface area contributed by atoms with E-state index in [-0.39, 0.29) is 6.54 Å². The molecule has 0 unspecified atom stereocenters. The first-order valence-electron chi connectivity index (χ1n) is 9.16. The third-order valence-corrected chi connectivity index (χ3v) is 5.88. The van der Waals surface area contributed by atoms with Crippen LogP contribution in [0, 0.1) is 13.8 Å². The van der Waals surface area contributed by atoms with Gasteiger partial charge >= 0.3 is 0 Å². The lowest BCUT2D eigenvalue weighted by molar-refractivity contribution is -0.119. The first kappa shape index (κ1) is 20.4. The van der Waals surface area contributed by atoms with Gasteiger partial charge < -0.3 is 0 Å². The van der Waals surface area contributed by atoms with E-state index in [0.717, 1.165) is 53.1 Å². The Bertz CT molecular complexity index is 762. The molecule has 1 fully saturated rings. The summed E-state index contributed by atoms with van der Waals surface area (Å²) in [5.41, 5.74) is 6.08. The summed E-state index contributed by atoms with van der Waals surface area (Å²) in [6.07, 6.45) is 8.73. The number of hydrogen-bond donors (Lipinski definition) is 1. The van der Waals surface area contributed by atoms with E-state index in [4.69, 9.17) is 0 Å². The van der Waals surface area contributed by atoms with E-state index in [9.17, 15) is 13.2 Å². The number of anilines is 1. The fourth-order valence-corrected chi connectivity index (χ4v) is 3.86. The second-order valence-electron chi connectivity index (χ2n) is 7.02. The van der Waals surface area contributed by atoms with Crippen molar-refractivity contribution in [2.75, 3.05) is 17.1 Å². The molecule has 0 aliphatic heterocycles. The Hall–Kier alpha value is -1.89. The molecular weight excluding hydrogens is 350 g/mol. The molecule has 7 heteroatoms. The van der Waals surface area contributed by atoms with Crippen molar-refractivity contribution in [3.63, 3.8) is 0 Å². The summed E-state index contributed by atoms with van der Waals surface area (Å²) in [4.78, 5) is 12.3. The number of nitrogens with zero attached hydrogens (tertiary/aromatic N) is 2. The molecule has 1 amide bonds. The molecule has 1 N–H and O–H groups in total. The summed E-state index contributed by atoms with van der Waals surface area (Å²) < 4.78 is 25.4. The van der Waals surface area contributed by atoms with E-state index in [1.165, 1.54) is 19.3 Å². The average Bonchev–Trinajstić information content (AvgIpc) is 2.53. The summed E-state index contributed by atoms with van der Waals surface area (Å²) in [5, 5.41) is 4.24. The van der Waals surface area contributed by atoms with Gasteiger partial charge in [-0.05, 0) is 62.8 Å². The monoisotopic (exact) mass is 379 g/mol. The molecule has 26 heavy (non-hydrogen) atoms. The molecule has 6 nitrogen and oxygen atoms in total. The SMILES string of the molecule is Cc1ccc(N(CC(=O)NN=C2CCCCCCC2)S(C)(=O)=O)cc1C. The minimum Gasteiger partial charge on any atom is -0.271 e. The highest BCUT2D eigenvalue weighted by Gasteiger charge is 2.21. The zero-order valence-corrected chi connectivity index (χ0v) is 16.7. The van der Waals surface area contributed by atoms with Gasteiger partial charge in [-0.3, -0.25) is 9.10 Å². The van der Waals surface area contributed by atoms with Crippen molar-refractivity contribution in [1.82, 2.24) is 5.43 Å². The van der Waals surface area contributed by atoms with Crippen molar-refractivity contribution < 1.29 is 13.2 Å². The highest BCUT2D eigenvalue weighted by molar-refractivity contribution is 7.92. The number of hydrazone groups is 1. The molecular formula is C19H29N3O3S.